The smallest absolute Gasteiger partial charge is 0.253 e. The number of carbonyl (C=O) groups is 2. The zero-order valence-corrected chi connectivity index (χ0v) is 23.6. The van der Waals surface area contributed by atoms with Gasteiger partial charge in [0, 0.05) is 56.7 Å². The molecule has 2 N–H and O–H groups in total. The van der Waals surface area contributed by atoms with Crippen molar-refractivity contribution in [3.8, 4) is 0 Å². The average molecular weight is 553 g/mol. The van der Waals surface area contributed by atoms with E-state index in [1.165, 1.54) is 11.6 Å². The van der Waals surface area contributed by atoms with E-state index in [0.717, 1.165) is 76.5 Å². The molecule has 41 heavy (non-hydrogen) atoms. The molecule has 0 spiro atoms. The third-order valence-electron chi connectivity index (χ3n) is 7.88. The fourth-order valence-electron chi connectivity index (χ4n) is 5.56. The van der Waals surface area contributed by atoms with Crippen LogP contribution in [0.25, 0.3) is 6.08 Å². The Balaban J connectivity index is 1.26. The van der Waals surface area contributed by atoms with Gasteiger partial charge in [0.05, 0.1) is 18.8 Å². The minimum absolute atomic E-state index is 0.115. The number of carbonyl (C=O) groups excluding carboxylic acids is 2. The summed E-state index contributed by atoms with van der Waals surface area (Å²) in [4.78, 5) is 30.8. The van der Waals surface area contributed by atoms with Crippen molar-refractivity contribution >= 4 is 29.3 Å². The van der Waals surface area contributed by atoms with Crippen molar-refractivity contribution in [3.05, 3.63) is 102 Å². The minimum Gasteiger partial charge on any atom is -0.379 e. The lowest BCUT2D eigenvalue weighted by Gasteiger charge is -2.35. The van der Waals surface area contributed by atoms with E-state index in [1.54, 1.807) is 6.08 Å². The SMILES string of the molecule is O=C(/C=C/c1ccccc1)Nc1ccc(N2CCC(Cc3ccccc3)CC2)c(C(=O)NCCN2CCOCC2)c1. The van der Waals surface area contributed by atoms with E-state index >= 15 is 0 Å². The second-order valence-corrected chi connectivity index (χ2v) is 10.8. The van der Waals surface area contributed by atoms with Crippen LogP contribution in [0.1, 0.15) is 34.3 Å². The van der Waals surface area contributed by atoms with Gasteiger partial charge in [0.1, 0.15) is 0 Å². The topological polar surface area (TPSA) is 73.9 Å². The molecule has 0 bridgehead atoms. The minimum atomic E-state index is -0.234. The quantitative estimate of drug-likeness (QED) is 0.352. The predicted molar refractivity (Wildman–Crippen MR) is 165 cm³/mol. The Kier molecular flexibility index (Phi) is 10.2. The lowest BCUT2D eigenvalue weighted by molar-refractivity contribution is -0.111. The highest BCUT2D eigenvalue weighted by atomic mass is 16.5. The van der Waals surface area contributed by atoms with Crippen molar-refractivity contribution in [2.75, 3.05) is 62.7 Å². The van der Waals surface area contributed by atoms with E-state index in [2.05, 4.69) is 50.8 Å². The second kappa shape index (κ2) is 14.6. The van der Waals surface area contributed by atoms with E-state index in [4.69, 9.17) is 4.74 Å². The molecule has 2 saturated heterocycles. The molecule has 0 saturated carbocycles. The fourth-order valence-corrected chi connectivity index (χ4v) is 5.56. The molecule has 3 aromatic rings. The van der Waals surface area contributed by atoms with Gasteiger partial charge in [-0.1, -0.05) is 60.7 Å². The van der Waals surface area contributed by atoms with Crippen molar-refractivity contribution in [2.24, 2.45) is 5.92 Å². The van der Waals surface area contributed by atoms with Gasteiger partial charge in [0.2, 0.25) is 5.91 Å². The molecular weight excluding hydrogens is 512 g/mol. The Morgan fingerprint density at radius 1 is 0.878 bits per heavy atom. The normalized spacial score (nSPS) is 16.5. The van der Waals surface area contributed by atoms with Gasteiger partial charge >= 0.3 is 0 Å². The van der Waals surface area contributed by atoms with Crippen LogP contribution >= 0.6 is 0 Å². The van der Waals surface area contributed by atoms with Gasteiger partial charge in [0.25, 0.3) is 5.91 Å². The van der Waals surface area contributed by atoms with Crippen LogP contribution in [-0.4, -0.2) is 69.2 Å². The molecule has 2 fully saturated rings. The molecule has 2 heterocycles. The highest BCUT2D eigenvalue weighted by molar-refractivity contribution is 6.05. The average Bonchev–Trinajstić information content (AvgIpc) is 3.02. The van der Waals surface area contributed by atoms with Crippen molar-refractivity contribution in [2.45, 2.75) is 19.3 Å². The number of hydrogen-bond donors (Lipinski definition) is 2. The first kappa shape index (κ1) is 28.6. The zero-order chi connectivity index (χ0) is 28.3. The monoisotopic (exact) mass is 552 g/mol. The van der Waals surface area contributed by atoms with E-state index in [0.29, 0.717) is 23.7 Å². The number of hydrogen-bond acceptors (Lipinski definition) is 5. The standard InChI is InChI=1S/C34H40N4O3/c39-33(14-11-27-7-3-1-4-8-27)36-30-12-13-32(31(26-30)34(40)35-17-20-37-21-23-41-24-22-37)38-18-15-29(16-19-38)25-28-9-5-2-6-10-28/h1-14,26,29H,15-25H2,(H,35,40)(H,36,39)/b14-11+. The van der Waals surface area contributed by atoms with Gasteiger partial charge in [0.15, 0.2) is 0 Å². The zero-order valence-electron chi connectivity index (χ0n) is 23.6. The van der Waals surface area contributed by atoms with Gasteiger partial charge in [-0.15, -0.1) is 0 Å². The van der Waals surface area contributed by atoms with Crippen molar-refractivity contribution in [1.82, 2.24) is 10.2 Å². The third-order valence-corrected chi connectivity index (χ3v) is 7.88. The summed E-state index contributed by atoms with van der Waals surface area (Å²) in [5.74, 6) is 0.284. The van der Waals surface area contributed by atoms with Gasteiger partial charge in [-0.25, -0.2) is 0 Å². The number of nitrogens with one attached hydrogen (secondary N) is 2. The Labute approximate surface area is 243 Å². The number of nitrogens with zero attached hydrogens (tertiary/aromatic N) is 2. The largest absolute Gasteiger partial charge is 0.379 e. The molecule has 0 aliphatic carbocycles. The summed E-state index contributed by atoms with van der Waals surface area (Å²) < 4.78 is 5.43. The van der Waals surface area contributed by atoms with Crippen LogP contribution in [0, 0.1) is 5.92 Å². The first-order valence-corrected chi connectivity index (χ1v) is 14.7. The number of anilines is 2. The van der Waals surface area contributed by atoms with Gasteiger partial charge in [-0.2, -0.15) is 0 Å². The van der Waals surface area contributed by atoms with Gasteiger partial charge in [-0.3, -0.25) is 14.5 Å². The van der Waals surface area contributed by atoms with Crippen LogP contribution < -0.4 is 15.5 Å². The molecule has 0 aromatic heterocycles. The Morgan fingerprint density at radius 3 is 2.32 bits per heavy atom. The molecule has 2 amide bonds. The highest BCUT2D eigenvalue weighted by Crippen LogP contribution is 2.30. The van der Waals surface area contributed by atoms with Crippen LogP contribution in [0.4, 0.5) is 11.4 Å². The van der Waals surface area contributed by atoms with E-state index in [1.807, 2.05) is 48.5 Å². The molecule has 7 nitrogen and oxygen atoms in total. The number of amides is 2. The Morgan fingerprint density at radius 2 is 1.59 bits per heavy atom. The second-order valence-electron chi connectivity index (χ2n) is 10.8. The molecule has 3 aromatic carbocycles. The maximum absolute atomic E-state index is 13.5. The molecule has 0 atom stereocenters. The van der Waals surface area contributed by atoms with Crippen molar-refractivity contribution in [1.29, 1.82) is 0 Å². The molecule has 214 valence electrons. The molecule has 7 heteroatoms. The van der Waals surface area contributed by atoms with Gasteiger partial charge in [-0.05, 0) is 60.6 Å². The summed E-state index contributed by atoms with van der Waals surface area (Å²) in [7, 11) is 0. The molecule has 2 aliphatic rings. The van der Waals surface area contributed by atoms with Crippen LogP contribution in [0.3, 0.4) is 0 Å². The number of benzene rings is 3. The third kappa shape index (κ3) is 8.52. The lowest BCUT2D eigenvalue weighted by Crippen LogP contribution is -2.41. The van der Waals surface area contributed by atoms with Crippen LogP contribution in [0.5, 0.6) is 0 Å². The summed E-state index contributed by atoms with van der Waals surface area (Å²) >= 11 is 0. The van der Waals surface area contributed by atoms with E-state index in [9.17, 15) is 9.59 Å². The molecular formula is C34H40N4O3. The molecule has 2 aliphatic heterocycles. The first-order valence-electron chi connectivity index (χ1n) is 14.7. The molecule has 0 unspecified atom stereocenters. The summed E-state index contributed by atoms with van der Waals surface area (Å²) in [6.45, 7) is 6.39. The van der Waals surface area contributed by atoms with Crippen molar-refractivity contribution in [3.63, 3.8) is 0 Å². The predicted octanol–water partition coefficient (Wildman–Crippen LogP) is 4.86. The maximum Gasteiger partial charge on any atom is 0.253 e. The van der Waals surface area contributed by atoms with E-state index < -0.39 is 0 Å². The number of rotatable bonds is 10. The first-order chi connectivity index (χ1) is 20.1. The maximum atomic E-state index is 13.5. The lowest BCUT2D eigenvalue weighted by atomic mass is 9.89. The van der Waals surface area contributed by atoms with Crippen LogP contribution in [0.15, 0.2) is 84.9 Å². The summed E-state index contributed by atoms with van der Waals surface area (Å²) in [5.41, 5.74) is 4.46. The highest BCUT2D eigenvalue weighted by Gasteiger charge is 2.24. The summed E-state index contributed by atoms with van der Waals surface area (Å²) in [6, 6.07) is 26.1. The van der Waals surface area contributed by atoms with Gasteiger partial charge < -0.3 is 20.3 Å². The molecule has 0 radical (unpaired) electrons. The summed E-state index contributed by atoms with van der Waals surface area (Å²) in [6.07, 6.45) is 6.54. The Bertz CT molecular complexity index is 1300. The fraction of sp³-hybridized carbons (Fsp3) is 0.353. The number of morpholine rings is 1. The van der Waals surface area contributed by atoms with Crippen LogP contribution in [0.2, 0.25) is 0 Å². The Hall–Kier alpha value is -3.94. The summed E-state index contributed by atoms with van der Waals surface area (Å²) in [5, 5.41) is 6.05. The van der Waals surface area contributed by atoms with Crippen LogP contribution in [-0.2, 0) is 16.0 Å². The number of ether oxygens (including phenoxy) is 1. The number of piperidine rings is 1. The molecule has 5 rings (SSSR count). The van der Waals surface area contributed by atoms with Crippen molar-refractivity contribution < 1.29 is 14.3 Å². The van der Waals surface area contributed by atoms with E-state index in [-0.39, 0.29) is 11.8 Å².